The fraction of sp³-hybridized carbons (Fsp3) is 0.579. The SMILES string of the molecule is CN(C)[C@H]1CCN(C(=O)O[C@H]2/C=C\COC(C)(C)C(=O)NS(=O)(=O)c3ccc4c(c3)N(C[C@@H]3CC[C@H]32)C[C@@]2(CCCc3cc(Cl)ccc32)CO4)C1. The van der Waals surface area contributed by atoms with Crippen molar-refractivity contribution in [1.29, 1.82) is 0 Å². The van der Waals surface area contributed by atoms with Crippen LogP contribution in [-0.2, 0) is 36.1 Å². The molecule has 2 bridgehead atoms. The lowest BCUT2D eigenvalue weighted by Gasteiger charge is -2.46. The second-order valence-electron chi connectivity index (χ2n) is 15.6. The number of rotatable bonds is 2. The third-order valence-corrected chi connectivity index (χ3v) is 13.3. The summed E-state index contributed by atoms with van der Waals surface area (Å²) in [4.78, 5) is 33.1. The predicted octanol–water partition coefficient (Wildman–Crippen LogP) is 5.15. The number of carbonyl (C=O) groups excluding carboxylic acids is 2. The summed E-state index contributed by atoms with van der Waals surface area (Å²) in [6.07, 6.45) is 8.35. The Hall–Kier alpha value is -3.32. The lowest BCUT2D eigenvalue weighted by atomic mass is 9.68. The van der Waals surface area contributed by atoms with E-state index in [1.165, 1.54) is 31.0 Å². The highest BCUT2D eigenvalue weighted by molar-refractivity contribution is 7.90. The Morgan fingerprint density at radius 2 is 1.92 bits per heavy atom. The Kier molecular flexibility index (Phi) is 9.83. The molecule has 2 aromatic rings. The van der Waals surface area contributed by atoms with E-state index >= 15 is 0 Å². The number of carbonyl (C=O) groups is 2. The second kappa shape index (κ2) is 13.9. The zero-order valence-corrected chi connectivity index (χ0v) is 31.5. The van der Waals surface area contributed by atoms with Crippen molar-refractivity contribution in [2.45, 2.75) is 80.4 Å². The van der Waals surface area contributed by atoms with Crippen molar-refractivity contribution in [2.75, 3.05) is 58.4 Å². The van der Waals surface area contributed by atoms with Gasteiger partial charge in [-0.2, -0.15) is 0 Å². The van der Waals surface area contributed by atoms with E-state index in [-0.39, 0.29) is 40.9 Å². The van der Waals surface area contributed by atoms with Gasteiger partial charge in [-0.25, -0.2) is 17.9 Å². The number of ether oxygens (including phenoxy) is 3. The van der Waals surface area contributed by atoms with Gasteiger partial charge in [-0.3, -0.25) is 4.79 Å². The van der Waals surface area contributed by atoms with Crippen LogP contribution in [0.2, 0.25) is 5.02 Å². The molecule has 2 fully saturated rings. The number of hydrogen-bond donors (Lipinski definition) is 1. The fourth-order valence-electron chi connectivity index (χ4n) is 8.40. The largest absolute Gasteiger partial charge is 0.490 e. The summed E-state index contributed by atoms with van der Waals surface area (Å²) in [5.41, 5.74) is 1.28. The summed E-state index contributed by atoms with van der Waals surface area (Å²) in [7, 11) is -0.183. The van der Waals surface area contributed by atoms with E-state index in [2.05, 4.69) is 26.7 Å². The predicted molar refractivity (Wildman–Crippen MR) is 195 cm³/mol. The number of nitrogens with one attached hydrogen (secondary N) is 1. The minimum absolute atomic E-state index is 0.0311. The van der Waals surface area contributed by atoms with Crippen molar-refractivity contribution in [2.24, 2.45) is 11.8 Å². The summed E-state index contributed by atoms with van der Waals surface area (Å²) in [5, 5.41) is 0.705. The number of hydrogen-bond acceptors (Lipinski definition) is 9. The van der Waals surface area contributed by atoms with Crippen LogP contribution in [-0.4, -0.2) is 101 Å². The van der Waals surface area contributed by atoms with Gasteiger partial charge < -0.3 is 28.9 Å². The molecule has 1 saturated carbocycles. The van der Waals surface area contributed by atoms with Crippen molar-refractivity contribution in [3.05, 3.63) is 64.7 Å². The third-order valence-electron chi connectivity index (χ3n) is 11.7. The van der Waals surface area contributed by atoms with Gasteiger partial charge in [0.15, 0.2) is 0 Å². The maximum atomic E-state index is 13.7. The van der Waals surface area contributed by atoms with Crippen molar-refractivity contribution >= 4 is 39.3 Å². The lowest BCUT2D eigenvalue weighted by Crippen LogP contribution is -2.50. The summed E-state index contributed by atoms with van der Waals surface area (Å²) >= 11 is 6.45. The molecule has 1 saturated heterocycles. The Balaban J connectivity index is 1.26. The van der Waals surface area contributed by atoms with Crippen LogP contribution in [0.4, 0.5) is 10.5 Å². The van der Waals surface area contributed by atoms with Crippen molar-refractivity contribution in [3.63, 3.8) is 0 Å². The molecule has 0 aromatic heterocycles. The van der Waals surface area contributed by atoms with Gasteiger partial charge in [0.25, 0.3) is 15.9 Å². The molecule has 2 amide bonds. The minimum Gasteiger partial charge on any atom is -0.490 e. The van der Waals surface area contributed by atoms with Crippen LogP contribution in [0.5, 0.6) is 5.75 Å². The first-order valence-electron chi connectivity index (χ1n) is 18.1. The topological polar surface area (TPSA) is 118 Å². The average Bonchev–Trinajstić information content (AvgIpc) is 3.52. The van der Waals surface area contributed by atoms with Gasteiger partial charge in [0.2, 0.25) is 0 Å². The van der Waals surface area contributed by atoms with Crippen molar-refractivity contribution in [1.82, 2.24) is 14.5 Å². The molecular formula is C38H49ClN4O7S. The first kappa shape index (κ1) is 36.1. The van der Waals surface area contributed by atoms with Crippen LogP contribution >= 0.6 is 11.6 Å². The van der Waals surface area contributed by atoms with E-state index in [1.807, 2.05) is 26.2 Å². The van der Waals surface area contributed by atoms with Crippen molar-refractivity contribution < 1.29 is 32.2 Å². The third kappa shape index (κ3) is 7.21. The first-order valence-corrected chi connectivity index (χ1v) is 19.9. The van der Waals surface area contributed by atoms with E-state index < -0.39 is 27.6 Å². The molecule has 3 heterocycles. The highest BCUT2D eigenvalue weighted by atomic mass is 35.5. The van der Waals surface area contributed by atoms with E-state index in [9.17, 15) is 18.0 Å². The number of amides is 2. The second-order valence-corrected chi connectivity index (χ2v) is 17.7. The Morgan fingerprint density at radius 1 is 1.10 bits per heavy atom. The molecule has 5 aliphatic rings. The van der Waals surface area contributed by atoms with Gasteiger partial charge in [-0.15, -0.1) is 0 Å². The Labute approximate surface area is 306 Å². The number of nitrogens with zero attached hydrogens (tertiary/aromatic N) is 3. The van der Waals surface area contributed by atoms with Crippen LogP contribution in [0.1, 0.15) is 57.1 Å². The Morgan fingerprint density at radius 3 is 2.67 bits per heavy atom. The number of halogens is 1. The molecule has 0 unspecified atom stereocenters. The zero-order valence-electron chi connectivity index (χ0n) is 29.9. The van der Waals surface area contributed by atoms with Crippen LogP contribution in [0.25, 0.3) is 0 Å². The summed E-state index contributed by atoms with van der Waals surface area (Å²) in [6.45, 7) is 6.01. The molecule has 51 heavy (non-hydrogen) atoms. The minimum atomic E-state index is -4.24. The van der Waals surface area contributed by atoms with Gasteiger partial charge in [0, 0.05) is 48.6 Å². The molecule has 7 rings (SSSR count). The molecule has 2 aliphatic carbocycles. The number of likely N-dealkylation sites (N-methyl/N-ethyl adjacent to an activating group) is 1. The van der Waals surface area contributed by atoms with E-state index in [0.717, 1.165) is 38.5 Å². The molecule has 3 aliphatic heterocycles. The number of sulfonamides is 1. The fourth-order valence-corrected chi connectivity index (χ4v) is 9.72. The van der Waals surface area contributed by atoms with Crippen LogP contribution < -0.4 is 14.4 Å². The molecule has 11 nitrogen and oxygen atoms in total. The summed E-state index contributed by atoms with van der Waals surface area (Å²) in [5.74, 6) is -0.00288. The monoisotopic (exact) mass is 740 g/mol. The molecule has 0 radical (unpaired) electrons. The number of fused-ring (bicyclic) bond motifs is 4. The normalized spacial score (nSPS) is 30.7. The standard InChI is InChI=1S/C38H49ClN4O7S/c1-37(2)35(44)40-51(46,47)29-11-14-34-32(20-29)43(23-38(24-48-34)16-5-7-25-19-27(39)10-13-31(25)38)21-26-9-12-30(26)33(8-6-18-49-37)50-36(45)42-17-15-28(22-42)41(3)4/h6,8,10-11,13-14,19-20,26,28,30,33H,5,7,9,12,15-18,21-24H2,1-4H3,(H,40,44)/b8-6-/t26-,28-,30+,33-,38-/m0/s1. The first-order chi connectivity index (χ1) is 24.2. The van der Waals surface area contributed by atoms with Gasteiger partial charge >= 0.3 is 6.09 Å². The van der Waals surface area contributed by atoms with Crippen LogP contribution in [0.3, 0.4) is 0 Å². The Bertz CT molecular complexity index is 1820. The molecule has 1 N–H and O–H groups in total. The molecule has 276 valence electrons. The van der Waals surface area contributed by atoms with E-state index in [1.54, 1.807) is 23.1 Å². The molecule has 5 atom stereocenters. The number of anilines is 1. The number of likely N-dealkylation sites (tertiary alicyclic amines) is 1. The van der Waals surface area contributed by atoms with Gasteiger partial charge in [0.05, 0.1) is 23.8 Å². The summed E-state index contributed by atoms with van der Waals surface area (Å²) in [6, 6.07) is 11.2. The quantitative estimate of drug-likeness (QED) is 0.418. The van der Waals surface area contributed by atoms with E-state index in [0.29, 0.717) is 49.2 Å². The molecule has 2 aromatic carbocycles. The lowest BCUT2D eigenvalue weighted by molar-refractivity contribution is -0.139. The highest BCUT2D eigenvalue weighted by Crippen LogP contribution is 2.47. The maximum Gasteiger partial charge on any atom is 0.410 e. The van der Waals surface area contributed by atoms with Gasteiger partial charge in [0.1, 0.15) is 17.5 Å². The number of benzene rings is 2. The average molecular weight is 741 g/mol. The molecule has 1 spiro atoms. The van der Waals surface area contributed by atoms with Crippen molar-refractivity contribution in [3.8, 4) is 5.75 Å². The van der Waals surface area contributed by atoms with Gasteiger partial charge in [-0.1, -0.05) is 23.7 Å². The maximum absolute atomic E-state index is 13.7. The number of aryl methyl sites for hydroxylation is 1. The van der Waals surface area contributed by atoms with E-state index in [4.69, 9.17) is 25.8 Å². The smallest absolute Gasteiger partial charge is 0.410 e. The zero-order chi connectivity index (χ0) is 36.1. The van der Waals surface area contributed by atoms with Crippen LogP contribution in [0, 0.1) is 11.8 Å². The van der Waals surface area contributed by atoms with Gasteiger partial charge in [-0.05, 0) is 120 Å². The van der Waals surface area contributed by atoms with Crippen LogP contribution in [0.15, 0.2) is 53.4 Å². The molecular weight excluding hydrogens is 692 g/mol. The highest BCUT2D eigenvalue weighted by Gasteiger charge is 2.45. The summed E-state index contributed by atoms with van der Waals surface area (Å²) < 4.78 is 48.3. The molecule has 13 heteroatoms.